The summed E-state index contributed by atoms with van der Waals surface area (Å²) in [6.45, 7) is 3.98. The van der Waals surface area contributed by atoms with E-state index in [1.165, 1.54) is 0 Å². The van der Waals surface area contributed by atoms with Gasteiger partial charge in [0, 0.05) is 12.2 Å². The van der Waals surface area contributed by atoms with Gasteiger partial charge in [0.25, 0.3) is 5.56 Å². The topological polar surface area (TPSA) is 44.9 Å². The minimum Gasteiger partial charge on any atom is -0.378 e. The van der Waals surface area contributed by atoms with E-state index >= 15 is 0 Å². The first-order chi connectivity index (χ1) is 5.20. The standard InChI is InChI=1S/C8H12N2O/c1-6(2)10-7-4-3-5-9-8(7)11/h3-6,10H,1-2H3,(H,9,11). The maximum Gasteiger partial charge on any atom is 0.271 e. The largest absolute Gasteiger partial charge is 0.378 e. The van der Waals surface area contributed by atoms with Gasteiger partial charge in [0.1, 0.15) is 5.69 Å². The van der Waals surface area contributed by atoms with E-state index in [0.717, 1.165) is 0 Å². The summed E-state index contributed by atoms with van der Waals surface area (Å²) in [6.07, 6.45) is 1.62. The fraction of sp³-hybridized carbons (Fsp3) is 0.375. The molecule has 11 heavy (non-hydrogen) atoms. The molecule has 0 amide bonds. The third-order valence-electron chi connectivity index (χ3n) is 1.26. The summed E-state index contributed by atoms with van der Waals surface area (Å²) < 4.78 is 0. The van der Waals surface area contributed by atoms with Crippen LogP contribution in [0.1, 0.15) is 13.8 Å². The molecule has 1 heterocycles. The highest BCUT2D eigenvalue weighted by molar-refractivity contribution is 5.40. The summed E-state index contributed by atoms with van der Waals surface area (Å²) in [7, 11) is 0. The molecule has 3 nitrogen and oxygen atoms in total. The first-order valence-corrected chi connectivity index (χ1v) is 3.64. The molecule has 0 aliphatic carbocycles. The Labute approximate surface area is 65.5 Å². The van der Waals surface area contributed by atoms with Crippen molar-refractivity contribution in [2.24, 2.45) is 0 Å². The minimum atomic E-state index is -0.0683. The highest BCUT2D eigenvalue weighted by Gasteiger charge is 1.97. The predicted molar refractivity (Wildman–Crippen MR) is 45.8 cm³/mol. The average molecular weight is 152 g/mol. The van der Waals surface area contributed by atoms with Crippen molar-refractivity contribution >= 4 is 5.69 Å². The van der Waals surface area contributed by atoms with Gasteiger partial charge in [-0.1, -0.05) is 0 Å². The van der Waals surface area contributed by atoms with Crippen LogP contribution < -0.4 is 10.9 Å². The molecule has 3 heteroatoms. The van der Waals surface area contributed by atoms with E-state index in [0.29, 0.717) is 11.7 Å². The summed E-state index contributed by atoms with van der Waals surface area (Å²) in [5.41, 5.74) is 0.559. The lowest BCUT2D eigenvalue weighted by atomic mass is 10.3. The molecule has 0 bridgehead atoms. The number of anilines is 1. The second-order valence-electron chi connectivity index (χ2n) is 2.71. The van der Waals surface area contributed by atoms with Crippen molar-refractivity contribution in [1.82, 2.24) is 4.98 Å². The van der Waals surface area contributed by atoms with E-state index in [9.17, 15) is 4.79 Å². The van der Waals surface area contributed by atoms with Gasteiger partial charge in [-0.25, -0.2) is 0 Å². The number of hydrogen-bond acceptors (Lipinski definition) is 2. The smallest absolute Gasteiger partial charge is 0.271 e. The van der Waals surface area contributed by atoms with Gasteiger partial charge in [-0.2, -0.15) is 0 Å². The highest BCUT2D eigenvalue weighted by atomic mass is 16.1. The van der Waals surface area contributed by atoms with E-state index in [2.05, 4.69) is 10.3 Å². The van der Waals surface area contributed by atoms with Gasteiger partial charge in [-0.05, 0) is 26.0 Å². The van der Waals surface area contributed by atoms with Crippen molar-refractivity contribution < 1.29 is 0 Å². The van der Waals surface area contributed by atoms with Crippen LogP contribution in [-0.2, 0) is 0 Å². The zero-order valence-electron chi connectivity index (χ0n) is 6.72. The van der Waals surface area contributed by atoms with Crippen LogP contribution in [-0.4, -0.2) is 11.0 Å². The zero-order valence-corrected chi connectivity index (χ0v) is 6.72. The molecule has 0 radical (unpaired) electrons. The Hall–Kier alpha value is -1.25. The molecule has 1 rings (SSSR count). The fourth-order valence-electron chi connectivity index (χ4n) is 0.846. The van der Waals surface area contributed by atoms with Gasteiger partial charge in [0.05, 0.1) is 0 Å². The lowest BCUT2D eigenvalue weighted by molar-refractivity contribution is 0.894. The Morgan fingerprint density at radius 1 is 1.55 bits per heavy atom. The van der Waals surface area contributed by atoms with Crippen LogP contribution in [0.3, 0.4) is 0 Å². The van der Waals surface area contributed by atoms with Crippen molar-refractivity contribution in [2.45, 2.75) is 19.9 Å². The highest BCUT2D eigenvalue weighted by Crippen LogP contribution is 1.97. The molecular weight excluding hydrogens is 140 g/mol. The van der Waals surface area contributed by atoms with Crippen LogP contribution in [0.5, 0.6) is 0 Å². The SMILES string of the molecule is CC(C)Nc1ccc[nH]c1=O. The first-order valence-electron chi connectivity index (χ1n) is 3.64. The van der Waals surface area contributed by atoms with E-state index in [-0.39, 0.29) is 5.56 Å². The Kier molecular flexibility index (Phi) is 2.31. The van der Waals surface area contributed by atoms with Crippen LogP contribution in [0.25, 0.3) is 0 Å². The molecule has 0 saturated heterocycles. The van der Waals surface area contributed by atoms with E-state index in [4.69, 9.17) is 0 Å². The zero-order chi connectivity index (χ0) is 8.27. The normalized spacial score (nSPS) is 10.1. The van der Waals surface area contributed by atoms with Gasteiger partial charge < -0.3 is 10.3 Å². The number of pyridine rings is 1. The Bertz CT molecular complexity index is 277. The fourth-order valence-corrected chi connectivity index (χ4v) is 0.846. The number of aromatic nitrogens is 1. The summed E-state index contributed by atoms with van der Waals surface area (Å²) in [5.74, 6) is 0. The molecule has 0 aliphatic rings. The monoisotopic (exact) mass is 152 g/mol. The maximum absolute atomic E-state index is 11.0. The summed E-state index contributed by atoms with van der Waals surface area (Å²) in [4.78, 5) is 13.6. The minimum absolute atomic E-state index is 0.0683. The lowest BCUT2D eigenvalue weighted by Crippen LogP contribution is -2.18. The summed E-state index contributed by atoms with van der Waals surface area (Å²) >= 11 is 0. The quantitative estimate of drug-likeness (QED) is 0.668. The second kappa shape index (κ2) is 3.23. The third-order valence-corrected chi connectivity index (χ3v) is 1.26. The van der Waals surface area contributed by atoms with E-state index in [1.807, 2.05) is 13.8 Å². The Morgan fingerprint density at radius 2 is 2.27 bits per heavy atom. The van der Waals surface area contributed by atoms with Gasteiger partial charge >= 0.3 is 0 Å². The van der Waals surface area contributed by atoms with E-state index in [1.54, 1.807) is 18.3 Å². The number of nitrogens with one attached hydrogen (secondary N) is 2. The molecule has 1 aromatic rings. The molecule has 60 valence electrons. The molecular formula is C8H12N2O. The van der Waals surface area contributed by atoms with Gasteiger partial charge in [0.15, 0.2) is 0 Å². The Balaban J connectivity index is 2.87. The van der Waals surface area contributed by atoms with Crippen LogP contribution in [0.15, 0.2) is 23.1 Å². The molecule has 2 N–H and O–H groups in total. The lowest BCUT2D eigenvalue weighted by Gasteiger charge is -2.07. The first kappa shape index (κ1) is 7.85. The third kappa shape index (κ3) is 2.11. The predicted octanol–water partition coefficient (Wildman–Crippen LogP) is 1.20. The van der Waals surface area contributed by atoms with Gasteiger partial charge in [-0.15, -0.1) is 0 Å². The molecule has 0 aliphatic heterocycles. The maximum atomic E-state index is 11.0. The van der Waals surface area contributed by atoms with E-state index < -0.39 is 0 Å². The molecule has 1 aromatic heterocycles. The van der Waals surface area contributed by atoms with Crippen LogP contribution in [0, 0.1) is 0 Å². The molecule has 0 fully saturated rings. The number of H-pyrrole nitrogens is 1. The second-order valence-corrected chi connectivity index (χ2v) is 2.71. The van der Waals surface area contributed by atoms with Crippen LogP contribution in [0.2, 0.25) is 0 Å². The van der Waals surface area contributed by atoms with Crippen LogP contribution in [0.4, 0.5) is 5.69 Å². The van der Waals surface area contributed by atoms with Crippen molar-refractivity contribution in [3.05, 3.63) is 28.7 Å². The number of hydrogen-bond donors (Lipinski definition) is 2. The number of aromatic amines is 1. The van der Waals surface area contributed by atoms with Crippen molar-refractivity contribution in [3.63, 3.8) is 0 Å². The molecule has 0 atom stereocenters. The molecule has 0 aromatic carbocycles. The van der Waals surface area contributed by atoms with Gasteiger partial charge in [0.2, 0.25) is 0 Å². The Morgan fingerprint density at radius 3 is 2.82 bits per heavy atom. The summed E-state index contributed by atoms with van der Waals surface area (Å²) in [6, 6.07) is 3.85. The molecule has 0 spiro atoms. The average Bonchev–Trinajstić information content (AvgIpc) is 1.93. The van der Waals surface area contributed by atoms with Crippen molar-refractivity contribution in [2.75, 3.05) is 5.32 Å². The summed E-state index contributed by atoms with van der Waals surface area (Å²) in [5, 5.41) is 3.03. The molecule has 0 saturated carbocycles. The van der Waals surface area contributed by atoms with Crippen molar-refractivity contribution in [1.29, 1.82) is 0 Å². The number of rotatable bonds is 2. The molecule has 0 unspecified atom stereocenters. The van der Waals surface area contributed by atoms with Gasteiger partial charge in [-0.3, -0.25) is 4.79 Å². The van der Waals surface area contributed by atoms with Crippen LogP contribution >= 0.6 is 0 Å². The van der Waals surface area contributed by atoms with Crippen molar-refractivity contribution in [3.8, 4) is 0 Å².